The number of rotatable bonds is 13. The SMILES string of the molecule is CCCCC(CCCC)(C(=O)OC)C(O)C(Oc1ccc([N+](=O)[O-])cc1)c1ccc[nH]1. The Bertz CT molecular complexity index is 811. The van der Waals surface area contributed by atoms with Gasteiger partial charge >= 0.3 is 5.97 Å². The summed E-state index contributed by atoms with van der Waals surface area (Å²) in [6.45, 7) is 4.06. The normalized spacial score (nSPS) is 13.4. The number of aromatic amines is 1. The number of hydrogen-bond acceptors (Lipinski definition) is 6. The fourth-order valence-corrected chi connectivity index (χ4v) is 3.84. The fourth-order valence-electron chi connectivity index (χ4n) is 3.84. The minimum Gasteiger partial charge on any atom is -0.481 e. The molecule has 170 valence electrons. The Morgan fingerprint density at radius 2 is 1.77 bits per heavy atom. The van der Waals surface area contributed by atoms with Gasteiger partial charge in [-0.25, -0.2) is 0 Å². The molecule has 0 aliphatic carbocycles. The number of esters is 1. The number of aliphatic hydroxyl groups excluding tert-OH is 1. The maximum Gasteiger partial charge on any atom is 0.314 e. The first kappa shape index (κ1) is 24.4. The van der Waals surface area contributed by atoms with Crippen molar-refractivity contribution in [3.05, 3.63) is 58.4 Å². The largest absolute Gasteiger partial charge is 0.481 e. The molecule has 1 heterocycles. The number of H-pyrrole nitrogens is 1. The Morgan fingerprint density at radius 3 is 2.23 bits per heavy atom. The number of nitrogens with zero attached hydrogens (tertiary/aromatic N) is 1. The predicted octanol–water partition coefficient (Wildman–Crippen LogP) is 4.94. The molecule has 1 aromatic heterocycles. The van der Waals surface area contributed by atoms with E-state index in [0.29, 0.717) is 24.3 Å². The van der Waals surface area contributed by atoms with Crippen LogP contribution in [0.25, 0.3) is 0 Å². The van der Waals surface area contributed by atoms with Crippen molar-refractivity contribution in [3.63, 3.8) is 0 Å². The Labute approximate surface area is 182 Å². The van der Waals surface area contributed by atoms with Crippen LogP contribution in [0.15, 0.2) is 42.6 Å². The number of benzene rings is 1. The number of aromatic nitrogens is 1. The van der Waals surface area contributed by atoms with Crippen LogP contribution in [0.1, 0.15) is 64.2 Å². The number of nitro benzene ring substituents is 1. The molecule has 0 aliphatic heterocycles. The predicted molar refractivity (Wildman–Crippen MR) is 117 cm³/mol. The molecule has 0 fully saturated rings. The van der Waals surface area contributed by atoms with Crippen LogP contribution < -0.4 is 4.74 Å². The minimum absolute atomic E-state index is 0.0564. The van der Waals surface area contributed by atoms with E-state index < -0.39 is 28.5 Å². The van der Waals surface area contributed by atoms with Gasteiger partial charge in [-0.15, -0.1) is 0 Å². The Hall–Kier alpha value is -2.87. The summed E-state index contributed by atoms with van der Waals surface area (Å²) in [5, 5.41) is 22.5. The lowest BCUT2D eigenvalue weighted by Crippen LogP contribution is -2.48. The van der Waals surface area contributed by atoms with Crippen LogP contribution in [0.2, 0.25) is 0 Å². The molecule has 8 nitrogen and oxygen atoms in total. The highest BCUT2D eigenvalue weighted by Gasteiger charge is 2.50. The smallest absolute Gasteiger partial charge is 0.314 e. The van der Waals surface area contributed by atoms with Crippen molar-refractivity contribution in [1.82, 2.24) is 4.98 Å². The van der Waals surface area contributed by atoms with Crippen molar-refractivity contribution >= 4 is 11.7 Å². The van der Waals surface area contributed by atoms with Crippen LogP contribution in [0.3, 0.4) is 0 Å². The first-order valence-corrected chi connectivity index (χ1v) is 10.7. The van der Waals surface area contributed by atoms with E-state index in [4.69, 9.17) is 9.47 Å². The van der Waals surface area contributed by atoms with Crippen molar-refractivity contribution in [1.29, 1.82) is 0 Å². The highest BCUT2D eigenvalue weighted by atomic mass is 16.6. The molecule has 0 aliphatic rings. The lowest BCUT2D eigenvalue weighted by atomic mass is 9.71. The van der Waals surface area contributed by atoms with Crippen molar-refractivity contribution in [2.45, 2.75) is 64.6 Å². The van der Waals surface area contributed by atoms with Gasteiger partial charge in [-0.3, -0.25) is 14.9 Å². The summed E-state index contributed by atoms with van der Waals surface area (Å²) in [6.07, 6.45) is 3.83. The van der Waals surface area contributed by atoms with E-state index in [1.807, 2.05) is 13.8 Å². The Kier molecular flexibility index (Phi) is 9.05. The van der Waals surface area contributed by atoms with Crippen molar-refractivity contribution < 1.29 is 24.3 Å². The number of unbranched alkanes of at least 4 members (excludes halogenated alkanes) is 2. The first-order valence-electron chi connectivity index (χ1n) is 10.7. The summed E-state index contributed by atoms with van der Waals surface area (Å²) >= 11 is 0. The number of hydrogen-bond donors (Lipinski definition) is 2. The number of non-ortho nitro benzene ring substituents is 1. The van der Waals surface area contributed by atoms with E-state index >= 15 is 0 Å². The second-order valence-electron chi connectivity index (χ2n) is 7.71. The zero-order valence-corrected chi connectivity index (χ0v) is 18.4. The molecular weight excluding hydrogens is 400 g/mol. The summed E-state index contributed by atoms with van der Waals surface area (Å²) in [7, 11) is 1.34. The molecule has 8 heteroatoms. The maximum atomic E-state index is 13.0. The van der Waals surface area contributed by atoms with Crippen molar-refractivity contribution in [2.24, 2.45) is 5.41 Å². The van der Waals surface area contributed by atoms with Gasteiger partial charge in [-0.2, -0.15) is 0 Å². The molecule has 1 aromatic carbocycles. The number of nitrogens with one attached hydrogen (secondary N) is 1. The molecule has 2 rings (SSSR count). The minimum atomic E-state index is -1.19. The van der Waals surface area contributed by atoms with E-state index in [1.165, 1.54) is 31.4 Å². The van der Waals surface area contributed by atoms with E-state index in [2.05, 4.69) is 4.98 Å². The molecule has 0 spiro atoms. The van der Waals surface area contributed by atoms with Crippen LogP contribution in [0.4, 0.5) is 5.69 Å². The van der Waals surface area contributed by atoms with Crippen molar-refractivity contribution in [3.8, 4) is 5.75 Å². The number of nitro groups is 1. The fraction of sp³-hybridized carbons (Fsp3) is 0.522. The second kappa shape index (κ2) is 11.5. The topological polar surface area (TPSA) is 115 Å². The highest BCUT2D eigenvalue weighted by Crippen LogP contribution is 2.42. The van der Waals surface area contributed by atoms with Gasteiger partial charge in [0.2, 0.25) is 0 Å². The number of carbonyl (C=O) groups excluding carboxylic acids is 1. The third kappa shape index (κ3) is 5.85. The zero-order valence-electron chi connectivity index (χ0n) is 18.4. The van der Waals surface area contributed by atoms with E-state index in [9.17, 15) is 20.0 Å². The van der Waals surface area contributed by atoms with Gasteiger partial charge in [-0.1, -0.05) is 39.5 Å². The van der Waals surface area contributed by atoms with Crippen LogP contribution in [0, 0.1) is 15.5 Å². The van der Waals surface area contributed by atoms with Gasteiger partial charge in [0.25, 0.3) is 5.69 Å². The van der Waals surface area contributed by atoms with E-state index in [1.54, 1.807) is 18.3 Å². The average molecular weight is 433 g/mol. The standard InChI is InChI=1S/C23H32N2O6/c1-4-6-14-23(15-7-5-2,22(27)30-3)21(26)20(19-9-8-16-24-19)31-18-12-10-17(11-13-18)25(28)29/h8-13,16,20-21,24,26H,4-7,14-15H2,1-3H3. The van der Waals surface area contributed by atoms with Gasteiger partial charge in [0, 0.05) is 18.3 Å². The molecular formula is C23H32N2O6. The van der Waals surface area contributed by atoms with Gasteiger partial charge in [0.1, 0.15) is 11.9 Å². The monoisotopic (exact) mass is 432 g/mol. The number of aliphatic hydroxyl groups is 1. The lowest BCUT2D eigenvalue weighted by Gasteiger charge is -2.39. The first-order chi connectivity index (χ1) is 14.9. The molecule has 2 aromatic rings. The molecule has 0 bridgehead atoms. The third-order valence-electron chi connectivity index (χ3n) is 5.64. The summed E-state index contributed by atoms with van der Waals surface area (Å²) in [5.74, 6) is -0.0974. The molecule has 2 unspecified atom stereocenters. The molecule has 2 atom stereocenters. The van der Waals surface area contributed by atoms with Gasteiger partial charge in [0.15, 0.2) is 6.10 Å². The summed E-state index contributed by atoms with van der Waals surface area (Å²) < 4.78 is 11.3. The second-order valence-corrected chi connectivity index (χ2v) is 7.71. The Morgan fingerprint density at radius 1 is 1.16 bits per heavy atom. The van der Waals surface area contributed by atoms with E-state index in [-0.39, 0.29) is 5.69 Å². The number of ether oxygens (including phenoxy) is 2. The maximum absolute atomic E-state index is 13.0. The molecule has 2 N–H and O–H groups in total. The summed E-state index contributed by atoms with van der Waals surface area (Å²) in [5.41, 5.74) is -0.580. The number of methoxy groups -OCH3 is 1. The molecule has 0 saturated carbocycles. The molecule has 0 saturated heterocycles. The van der Waals surface area contributed by atoms with E-state index in [0.717, 1.165) is 25.7 Å². The van der Waals surface area contributed by atoms with Crippen LogP contribution in [-0.2, 0) is 9.53 Å². The lowest BCUT2D eigenvalue weighted by molar-refractivity contribution is -0.384. The van der Waals surface area contributed by atoms with Gasteiger partial charge < -0.3 is 19.6 Å². The summed E-state index contributed by atoms with van der Waals surface area (Å²) in [6, 6.07) is 9.22. The summed E-state index contributed by atoms with van der Waals surface area (Å²) in [4.78, 5) is 26.5. The van der Waals surface area contributed by atoms with Crippen LogP contribution in [-0.4, -0.2) is 34.2 Å². The average Bonchev–Trinajstić information content (AvgIpc) is 3.32. The highest BCUT2D eigenvalue weighted by molar-refractivity contribution is 5.77. The van der Waals surface area contributed by atoms with Crippen LogP contribution >= 0.6 is 0 Å². The molecule has 0 radical (unpaired) electrons. The van der Waals surface area contributed by atoms with Gasteiger partial charge in [-0.05, 0) is 37.1 Å². The zero-order chi connectivity index (χ0) is 22.9. The molecule has 31 heavy (non-hydrogen) atoms. The van der Waals surface area contributed by atoms with Crippen LogP contribution in [0.5, 0.6) is 5.75 Å². The van der Waals surface area contributed by atoms with Crippen molar-refractivity contribution in [2.75, 3.05) is 7.11 Å². The quantitative estimate of drug-likeness (QED) is 0.263. The third-order valence-corrected chi connectivity index (χ3v) is 5.64. The molecule has 0 amide bonds. The van der Waals surface area contributed by atoms with Gasteiger partial charge in [0.05, 0.1) is 23.1 Å². The Balaban J connectivity index is 2.45. The number of carbonyl (C=O) groups is 1.